The molecule has 0 saturated heterocycles. The number of rotatable bonds is 5. The second-order valence-electron chi connectivity index (χ2n) is 6.72. The summed E-state index contributed by atoms with van der Waals surface area (Å²) in [5.41, 5.74) is 0.591. The van der Waals surface area contributed by atoms with Crippen molar-refractivity contribution in [2.75, 3.05) is 18.5 Å². The van der Waals surface area contributed by atoms with E-state index in [2.05, 4.69) is 11.1 Å². The van der Waals surface area contributed by atoms with Crippen LogP contribution in [-0.2, 0) is 13.2 Å². The van der Waals surface area contributed by atoms with Crippen LogP contribution < -0.4 is 20.1 Å². The van der Waals surface area contributed by atoms with Gasteiger partial charge in [0.2, 0.25) is 5.88 Å². The van der Waals surface area contributed by atoms with Crippen LogP contribution in [0.4, 0.5) is 10.2 Å². The monoisotopic (exact) mass is 426 g/mol. The molecular formula is C21H16ClFN4O3. The first-order valence-corrected chi connectivity index (χ1v) is 9.44. The summed E-state index contributed by atoms with van der Waals surface area (Å²) < 4.78 is 26.5. The number of nitrogens with zero attached hydrogens (tertiary/aromatic N) is 4. The Morgan fingerprint density at radius 3 is 2.83 bits per heavy atom. The molecule has 1 aliphatic heterocycles. The van der Waals surface area contributed by atoms with Crippen molar-refractivity contribution in [1.29, 1.82) is 5.26 Å². The van der Waals surface area contributed by atoms with Gasteiger partial charge < -0.3 is 14.4 Å². The van der Waals surface area contributed by atoms with Crippen LogP contribution in [0.25, 0.3) is 0 Å². The van der Waals surface area contributed by atoms with Crippen LogP contribution >= 0.6 is 11.6 Å². The van der Waals surface area contributed by atoms with E-state index in [4.69, 9.17) is 21.1 Å². The van der Waals surface area contributed by atoms with E-state index in [1.54, 1.807) is 28.8 Å². The predicted molar refractivity (Wildman–Crippen MR) is 109 cm³/mol. The SMILES string of the molecule is CN1CCn2c1cc(OCc1ccc(Oc3ccc(Cl)c(F)c3)c(C#N)c1)nc2=O. The Morgan fingerprint density at radius 2 is 2.07 bits per heavy atom. The molecule has 30 heavy (non-hydrogen) atoms. The lowest BCUT2D eigenvalue weighted by atomic mass is 10.1. The molecule has 0 saturated carbocycles. The zero-order chi connectivity index (χ0) is 21.3. The number of nitriles is 1. The van der Waals surface area contributed by atoms with Crippen LogP contribution in [0.5, 0.6) is 17.4 Å². The molecule has 4 rings (SSSR count). The van der Waals surface area contributed by atoms with Crippen molar-refractivity contribution in [1.82, 2.24) is 9.55 Å². The summed E-state index contributed by atoms with van der Waals surface area (Å²) in [5.74, 6) is 0.862. The van der Waals surface area contributed by atoms with Gasteiger partial charge in [0.1, 0.15) is 35.8 Å². The average molecular weight is 427 g/mol. The normalized spacial score (nSPS) is 12.4. The van der Waals surface area contributed by atoms with Crippen molar-refractivity contribution >= 4 is 17.4 Å². The van der Waals surface area contributed by atoms with Crippen LogP contribution in [0.3, 0.4) is 0 Å². The fourth-order valence-corrected chi connectivity index (χ4v) is 3.22. The molecule has 9 heteroatoms. The first-order valence-electron chi connectivity index (χ1n) is 9.06. The third-order valence-electron chi connectivity index (χ3n) is 4.69. The second-order valence-corrected chi connectivity index (χ2v) is 7.12. The summed E-state index contributed by atoms with van der Waals surface area (Å²) in [7, 11) is 1.90. The Labute approximate surface area is 176 Å². The minimum absolute atomic E-state index is 0.0126. The number of fused-ring (bicyclic) bond motifs is 1. The number of likely N-dealkylation sites (N-methyl/N-ethyl adjacent to an activating group) is 1. The Kier molecular flexibility index (Phi) is 5.29. The lowest BCUT2D eigenvalue weighted by Gasteiger charge is -2.13. The van der Waals surface area contributed by atoms with Crippen molar-refractivity contribution in [2.45, 2.75) is 13.2 Å². The van der Waals surface area contributed by atoms with Gasteiger partial charge in [0.15, 0.2) is 0 Å². The highest BCUT2D eigenvalue weighted by Crippen LogP contribution is 2.29. The molecule has 1 aliphatic rings. The molecular weight excluding hydrogens is 411 g/mol. The molecule has 3 aromatic rings. The summed E-state index contributed by atoms with van der Waals surface area (Å²) in [4.78, 5) is 18.0. The minimum Gasteiger partial charge on any atom is -0.473 e. The van der Waals surface area contributed by atoms with Crippen molar-refractivity contribution in [2.24, 2.45) is 0 Å². The second kappa shape index (κ2) is 8.05. The topological polar surface area (TPSA) is 80.4 Å². The third-order valence-corrected chi connectivity index (χ3v) is 4.99. The third kappa shape index (κ3) is 3.93. The highest BCUT2D eigenvalue weighted by molar-refractivity contribution is 6.30. The summed E-state index contributed by atoms with van der Waals surface area (Å²) >= 11 is 5.67. The van der Waals surface area contributed by atoms with E-state index in [1.165, 1.54) is 12.1 Å². The van der Waals surface area contributed by atoms with Gasteiger partial charge in [-0.15, -0.1) is 0 Å². The van der Waals surface area contributed by atoms with Crippen LogP contribution in [0.1, 0.15) is 11.1 Å². The smallest absolute Gasteiger partial charge is 0.352 e. The number of benzene rings is 2. The van der Waals surface area contributed by atoms with Gasteiger partial charge in [0.25, 0.3) is 0 Å². The molecule has 0 unspecified atom stereocenters. The number of ether oxygens (including phenoxy) is 2. The number of anilines is 1. The Hall–Kier alpha value is -3.57. The summed E-state index contributed by atoms with van der Waals surface area (Å²) in [5, 5.41) is 9.44. The maximum absolute atomic E-state index is 13.6. The van der Waals surface area contributed by atoms with Gasteiger partial charge in [-0.25, -0.2) is 9.18 Å². The van der Waals surface area contributed by atoms with E-state index in [0.29, 0.717) is 12.1 Å². The zero-order valence-corrected chi connectivity index (χ0v) is 16.7. The van der Waals surface area contributed by atoms with Crippen LogP contribution in [-0.4, -0.2) is 23.1 Å². The molecule has 0 N–H and O–H groups in total. The Morgan fingerprint density at radius 1 is 1.23 bits per heavy atom. The summed E-state index contributed by atoms with van der Waals surface area (Å²) in [6, 6.07) is 12.7. The summed E-state index contributed by atoms with van der Waals surface area (Å²) in [6.07, 6.45) is 0. The Balaban J connectivity index is 1.50. The molecule has 0 spiro atoms. The van der Waals surface area contributed by atoms with E-state index in [9.17, 15) is 14.4 Å². The van der Waals surface area contributed by atoms with Crippen LogP contribution in [0, 0.1) is 17.1 Å². The predicted octanol–water partition coefficient (Wildman–Crippen LogP) is 3.73. The van der Waals surface area contributed by atoms with Crippen molar-refractivity contribution in [3.8, 4) is 23.4 Å². The molecule has 2 aromatic carbocycles. The van der Waals surface area contributed by atoms with Gasteiger partial charge >= 0.3 is 5.69 Å². The molecule has 0 amide bonds. The number of aromatic nitrogens is 2. The highest BCUT2D eigenvalue weighted by Gasteiger charge is 2.19. The lowest BCUT2D eigenvalue weighted by molar-refractivity contribution is 0.291. The summed E-state index contributed by atoms with van der Waals surface area (Å²) in [6.45, 7) is 1.46. The number of halogens is 2. The maximum Gasteiger partial charge on any atom is 0.352 e. The quantitative estimate of drug-likeness (QED) is 0.618. The molecule has 0 bridgehead atoms. The lowest BCUT2D eigenvalue weighted by Crippen LogP contribution is -2.22. The number of hydrogen-bond donors (Lipinski definition) is 0. The van der Waals surface area contributed by atoms with Crippen molar-refractivity contribution in [3.63, 3.8) is 0 Å². The highest BCUT2D eigenvalue weighted by atomic mass is 35.5. The van der Waals surface area contributed by atoms with Gasteiger partial charge in [-0.1, -0.05) is 17.7 Å². The maximum atomic E-state index is 13.6. The van der Waals surface area contributed by atoms with Crippen LogP contribution in [0.2, 0.25) is 5.02 Å². The van der Waals surface area contributed by atoms with E-state index in [-0.39, 0.29) is 40.3 Å². The first-order chi connectivity index (χ1) is 14.4. The van der Waals surface area contributed by atoms with E-state index in [0.717, 1.165) is 18.4 Å². The molecule has 1 aromatic heterocycles. The molecule has 0 atom stereocenters. The van der Waals surface area contributed by atoms with E-state index >= 15 is 0 Å². The van der Waals surface area contributed by atoms with Gasteiger partial charge in [-0.05, 0) is 29.8 Å². The standard InChI is InChI=1S/C21H16ClFN4O3/c1-26-6-7-27-20(26)10-19(25-21(27)28)29-12-13-2-5-18(14(8-13)11-24)30-15-3-4-16(22)17(23)9-15/h2-5,8-10H,6-7,12H2,1H3. The Bertz CT molecular complexity index is 1220. The van der Waals surface area contributed by atoms with Crippen molar-refractivity contribution in [3.05, 3.63) is 74.9 Å². The molecule has 0 aliphatic carbocycles. The van der Waals surface area contributed by atoms with Gasteiger partial charge in [-0.3, -0.25) is 4.57 Å². The molecule has 152 valence electrons. The first kappa shape index (κ1) is 19.7. The van der Waals surface area contributed by atoms with Crippen molar-refractivity contribution < 1.29 is 13.9 Å². The van der Waals surface area contributed by atoms with Gasteiger partial charge in [0, 0.05) is 32.3 Å². The average Bonchev–Trinajstić information content (AvgIpc) is 3.11. The van der Waals surface area contributed by atoms with E-state index in [1.807, 2.05) is 11.9 Å². The zero-order valence-electron chi connectivity index (χ0n) is 15.9. The number of hydrogen-bond acceptors (Lipinski definition) is 6. The van der Waals surface area contributed by atoms with E-state index < -0.39 is 5.82 Å². The largest absolute Gasteiger partial charge is 0.473 e. The van der Waals surface area contributed by atoms with Gasteiger partial charge in [0.05, 0.1) is 10.6 Å². The van der Waals surface area contributed by atoms with Crippen LogP contribution in [0.15, 0.2) is 47.3 Å². The molecule has 2 heterocycles. The van der Waals surface area contributed by atoms with Gasteiger partial charge in [-0.2, -0.15) is 10.2 Å². The molecule has 0 fully saturated rings. The minimum atomic E-state index is -0.610. The fourth-order valence-electron chi connectivity index (χ4n) is 3.11. The molecule has 7 nitrogen and oxygen atoms in total. The fraction of sp³-hybridized carbons (Fsp3) is 0.190. The molecule has 0 radical (unpaired) electrons.